The molecular weight excluding hydrogens is 371 g/mol. The molecular formula is C20H22F3N3O2. The van der Waals surface area contributed by atoms with Gasteiger partial charge < -0.3 is 10.1 Å². The number of amides is 1. The lowest BCUT2D eigenvalue weighted by atomic mass is 10.1. The number of carbonyl (C=O) groups is 1. The van der Waals surface area contributed by atoms with Crippen LogP contribution in [0.3, 0.4) is 0 Å². The monoisotopic (exact) mass is 393 g/mol. The van der Waals surface area contributed by atoms with Crippen LogP contribution in [0.15, 0.2) is 48.7 Å². The Morgan fingerprint density at radius 2 is 1.86 bits per heavy atom. The first-order chi connectivity index (χ1) is 13.4. The minimum absolute atomic E-state index is 0.00358. The largest absolute Gasteiger partial charge is 0.467 e. The average Bonchev–Trinajstić information content (AvgIpc) is 3.21. The van der Waals surface area contributed by atoms with E-state index in [0.29, 0.717) is 6.54 Å². The predicted octanol–water partition coefficient (Wildman–Crippen LogP) is 3.59. The van der Waals surface area contributed by atoms with E-state index in [9.17, 15) is 18.0 Å². The number of aromatic nitrogens is 1. The lowest BCUT2D eigenvalue weighted by Gasteiger charge is -2.28. The summed E-state index contributed by atoms with van der Waals surface area (Å²) in [7, 11) is 0. The van der Waals surface area contributed by atoms with Gasteiger partial charge in [0, 0.05) is 12.7 Å². The Hall–Kier alpha value is -2.61. The molecule has 2 aromatic rings. The number of alkyl halides is 3. The normalized spacial score (nSPS) is 16.0. The van der Waals surface area contributed by atoms with E-state index in [-0.39, 0.29) is 17.5 Å². The van der Waals surface area contributed by atoms with Crippen molar-refractivity contribution in [3.8, 4) is 5.88 Å². The fourth-order valence-corrected chi connectivity index (χ4v) is 3.30. The summed E-state index contributed by atoms with van der Waals surface area (Å²) in [5.74, 6) is -0.833. The number of hydrogen-bond donors (Lipinski definition) is 1. The van der Waals surface area contributed by atoms with Crippen molar-refractivity contribution in [3.05, 3.63) is 59.8 Å². The molecule has 5 nitrogen and oxygen atoms in total. The summed E-state index contributed by atoms with van der Waals surface area (Å²) < 4.78 is 42.0. The van der Waals surface area contributed by atoms with Crippen LogP contribution in [0.1, 0.15) is 34.8 Å². The highest BCUT2D eigenvalue weighted by molar-refractivity contribution is 5.96. The molecule has 1 aliphatic rings. The van der Waals surface area contributed by atoms with E-state index in [4.69, 9.17) is 4.74 Å². The fourth-order valence-electron chi connectivity index (χ4n) is 3.30. The molecule has 1 unspecified atom stereocenters. The summed E-state index contributed by atoms with van der Waals surface area (Å²) in [6.07, 6.45) is -0.996. The second-order valence-electron chi connectivity index (χ2n) is 6.64. The van der Waals surface area contributed by atoms with Gasteiger partial charge in [0.05, 0.1) is 6.04 Å². The predicted molar refractivity (Wildman–Crippen MR) is 98.1 cm³/mol. The molecule has 28 heavy (non-hydrogen) atoms. The van der Waals surface area contributed by atoms with Crippen molar-refractivity contribution in [2.45, 2.75) is 25.1 Å². The molecule has 1 aromatic carbocycles. The highest BCUT2D eigenvalue weighted by Gasteiger charge is 2.30. The van der Waals surface area contributed by atoms with Gasteiger partial charge in [-0.05, 0) is 43.6 Å². The zero-order chi connectivity index (χ0) is 20.0. The maximum Gasteiger partial charge on any atom is 0.422 e. The van der Waals surface area contributed by atoms with Crippen molar-refractivity contribution in [2.24, 2.45) is 0 Å². The van der Waals surface area contributed by atoms with E-state index in [0.717, 1.165) is 31.5 Å². The van der Waals surface area contributed by atoms with Gasteiger partial charge in [0.2, 0.25) is 5.88 Å². The molecule has 3 rings (SSSR count). The first-order valence-corrected chi connectivity index (χ1v) is 9.16. The third-order valence-electron chi connectivity index (χ3n) is 4.61. The Labute approximate surface area is 161 Å². The van der Waals surface area contributed by atoms with Crippen molar-refractivity contribution in [1.29, 1.82) is 0 Å². The number of ether oxygens (including phenoxy) is 1. The number of nitrogens with one attached hydrogen (secondary N) is 1. The first kappa shape index (κ1) is 20.1. The second kappa shape index (κ2) is 9.05. The fraction of sp³-hybridized carbons (Fsp3) is 0.400. The molecule has 0 radical (unpaired) electrons. The number of nitrogens with zero attached hydrogens (tertiary/aromatic N) is 2. The summed E-state index contributed by atoms with van der Waals surface area (Å²) in [6, 6.07) is 12.8. The number of pyridine rings is 1. The lowest BCUT2D eigenvalue weighted by Crippen LogP contribution is -2.37. The van der Waals surface area contributed by atoms with Crippen LogP contribution in [0.5, 0.6) is 5.88 Å². The zero-order valence-electron chi connectivity index (χ0n) is 15.3. The quantitative estimate of drug-likeness (QED) is 0.781. The Morgan fingerprint density at radius 1 is 1.14 bits per heavy atom. The van der Waals surface area contributed by atoms with Crippen LogP contribution in [-0.2, 0) is 0 Å². The van der Waals surface area contributed by atoms with E-state index in [2.05, 4.69) is 15.2 Å². The summed E-state index contributed by atoms with van der Waals surface area (Å²) in [4.78, 5) is 18.7. The van der Waals surface area contributed by atoms with Gasteiger partial charge in [-0.2, -0.15) is 13.2 Å². The molecule has 1 fully saturated rings. The summed E-state index contributed by atoms with van der Waals surface area (Å²) >= 11 is 0. The minimum Gasteiger partial charge on any atom is -0.467 e. The average molecular weight is 393 g/mol. The van der Waals surface area contributed by atoms with Crippen LogP contribution >= 0.6 is 0 Å². The van der Waals surface area contributed by atoms with Gasteiger partial charge in [0.15, 0.2) is 6.61 Å². The Balaban J connectivity index is 1.70. The number of benzene rings is 1. The van der Waals surface area contributed by atoms with Gasteiger partial charge in [0.1, 0.15) is 5.56 Å². The smallest absolute Gasteiger partial charge is 0.422 e. The van der Waals surface area contributed by atoms with Gasteiger partial charge in [-0.3, -0.25) is 9.69 Å². The Bertz CT molecular complexity index is 778. The van der Waals surface area contributed by atoms with E-state index < -0.39 is 18.7 Å². The van der Waals surface area contributed by atoms with Crippen molar-refractivity contribution in [3.63, 3.8) is 0 Å². The zero-order valence-corrected chi connectivity index (χ0v) is 15.3. The summed E-state index contributed by atoms with van der Waals surface area (Å²) in [5.41, 5.74) is 1.07. The van der Waals surface area contributed by atoms with Crippen molar-refractivity contribution in [1.82, 2.24) is 15.2 Å². The molecule has 0 bridgehead atoms. The van der Waals surface area contributed by atoms with Gasteiger partial charge in [0.25, 0.3) is 5.91 Å². The Morgan fingerprint density at radius 3 is 2.54 bits per heavy atom. The lowest BCUT2D eigenvalue weighted by molar-refractivity contribution is -0.154. The SMILES string of the molecule is O=C(NCC(c1ccccc1)N1CCCC1)c1cccnc1OCC(F)(F)F. The maximum absolute atomic E-state index is 12.6. The number of hydrogen-bond acceptors (Lipinski definition) is 4. The van der Waals surface area contributed by atoms with Gasteiger partial charge in [-0.25, -0.2) is 4.98 Å². The van der Waals surface area contributed by atoms with Crippen molar-refractivity contribution in [2.75, 3.05) is 26.2 Å². The molecule has 150 valence electrons. The first-order valence-electron chi connectivity index (χ1n) is 9.16. The molecule has 2 heterocycles. The molecule has 1 N–H and O–H groups in total. The van der Waals surface area contributed by atoms with Crippen LogP contribution < -0.4 is 10.1 Å². The molecule has 0 aliphatic carbocycles. The minimum atomic E-state index is -4.50. The molecule has 0 spiro atoms. The van der Waals surface area contributed by atoms with E-state index in [1.165, 1.54) is 18.3 Å². The number of rotatable bonds is 7. The highest BCUT2D eigenvalue weighted by Crippen LogP contribution is 2.25. The number of carbonyl (C=O) groups excluding carboxylic acids is 1. The highest BCUT2D eigenvalue weighted by atomic mass is 19.4. The van der Waals surface area contributed by atoms with E-state index in [1.807, 2.05) is 30.3 Å². The van der Waals surface area contributed by atoms with Crippen LogP contribution in [0.25, 0.3) is 0 Å². The molecule has 1 atom stereocenters. The van der Waals surface area contributed by atoms with Gasteiger partial charge in [-0.15, -0.1) is 0 Å². The molecule has 1 aliphatic heterocycles. The standard InChI is InChI=1S/C20H22F3N3O2/c21-20(22,23)14-28-19-16(9-6-10-24-19)18(27)25-13-17(26-11-4-5-12-26)15-7-2-1-3-8-15/h1-3,6-10,17H,4-5,11-14H2,(H,25,27). The van der Waals surface area contributed by atoms with Crippen molar-refractivity contribution >= 4 is 5.91 Å². The molecule has 1 amide bonds. The van der Waals surface area contributed by atoms with Crippen LogP contribution in [0.4, 0.5) is 13.2 Å². The van der Waals surface area contributed by atoms with E-state index >= 15 is 0 Å². The molecule has 8 heteroatoms. The molecule has 1 saturated heterocycles. The number of likely N-dealkylation sites (tertiary alicyclic amines) is 1. The van der Waals surface area contributed by atoms with Crippen LogP contribution in [0, 0.1) is 0 Å². The number of halogens is 3. The van der Waals surface area contributed by atoms with E-state index in [1.54, 1.807) is 0 Å². The summed E-state index contributed by atoms with van der Waals surface area (Å²) in [6.45, 7) is 0.742. The van der Waals surface area contributed by atoms with Crippen LogP contribution in [-0.4, -0.2) is 48.2 Å². The molecule has 1 aromatic heterocycles. The molecule has 0 saturated carbocycles. The summed E-state index contributed by atoms with van der Waals surface area (Å²) in [5, 5.41) is 2.83. The van der Waals surface area contributed by atoms with Gasteiger partial charge >= 0.3 is 6.18 Å². The van der Waals surface area contributed by atoms with Crippen LogP contribution in [0.2, 0.25) is 0 Å². The third-order valence-corrected chi connectivity index (χ3v) is 4.61. The topological polar surface area (TPSA) is 54.5 Å². The Kier molecular flexibility index (Phi) is 6.51. The second-order valence-corrected chi connectivity index (χ2v) is 6.64. The maximum atomic E-state index is 12.6. The third kappa shape index (κ3) is 5.45. The van der Waals surface area contributed by atoms with Gasteiger partial charge in [-0.1, -0.05) is 30.3 Å². The van der Waals surface area contributed by atoms with Crippen molar-refractivity contribution < 1.29 is 22.7 Å².